The molecule has 0 radical (unpaired) electrons. The third-order valence-electron chi connectivity index (χ3n) is 5.07. The maximum Gasteiger partial charge on any atom is 0.0507 e. The van der Waals surface area contributed by atoms with Crippen LogP contribution in [0.2, 0.25) is 0 Å². The van der Waals surface area contributed by atoms with Gasteiger partial charge in [-0.1, -0.05) is 6.92 Å². The summed E-state index contributed by atoms with van der Waals surface area (Å²) in [4.78, 5) is 5.32. The molecule has 20 heavy (non-hydrogen) atoms. The highest BCUT2D eigenvalue weighted by Crippen LogP contribution is 2.26. The number of hydrogen-bond donors (Lipinski definition) is 1. The Balaban J connectivity index is 0.00000147. The molecule has 0 aliphatic carbocycles. The Labute approximate surface area is 129 Å². The first-order valence-electron chi connectivity index (χ1n) is 7.97. The summed E-state index contributed by atoms with van der Waals surface area (Å²) < 4.78 is 5.48. The van der Waals surface area contributed by atoms with Crippen LogP contribution in [0.1, 0.15) is 19.8 Å². The lowest BCUT2D eigenvalue weighted by molar-refractivity contribution is 0.0847. The van der Waals surface area contributed by atoms with Gasteiger partial charge in [-0.2, -0.15) is 0 Å². The first-order chi connectivity index (χ1) is 9.23. The normalized spacial score (nSPS) is 36.1. The molecule has 0 spiro atoms. The molecule has 0 aromatic heterocycles. The highest BCUT2D eigenvalue weighted by Gasteiger charge is 2.32. The minimum absolute atomic E-state index is 0. The quantitative estimate of drug-likeness (QED) is 0.840. The molecule has 3 rings (SSSR count). The van der Waals surface area contributed by atoms with E-state index in [0.29, 0.717) is 5.41 Å². The van der Waals surface area contributed by atoms with Crippen molar-refractivity contribution in [3.8, 4) is 0 Å². The van der Waals surface area contributed by atoms with Crippen LogP contribution in [0.5, 0.6) is 0 Å². The van der Waals surface area contributed by atoms with Gasteiger partial charge < -0.3 is 19.9 Å². The van der Waals surface area contributed by atoms with Crippen molar-refractivity contribution in [2.75, 3.05) is 65.6 Å². The van der Waals surface area contributed by atoms with Gasteiger partial charge in [-0.25, -0.2) is 0 Å². The molecule has 0 saturated carbocycles. The second kappa shape index (κ2) is 7.41. The van der Waals surface area contributed by atoms with Crippen LogP contribution in [0.15, 0.2) is 0 Å². The van der Waals surface area contributed by atoms with E-state index in [-0.39, 0.29) is 12.4 Å². The van der Waals surface area contributed by atoms with E-state index in [1.807, 2.05) is 0 Å². The summed E-state index contributed by atoms with van der Waals surface area (Å²) in [6.45, 7) is 14.4. The smallest absolute Gasteiger partial charge is 0.0507 e. The number of nitrogens with zero attached hydrogens (tertiary/aromatic N) is 2. The van der Waals surface area contributed by atoms with Crippen LogP contribution >= 0.6 is 12.4 Å². The van der Waals surface area contributed by atoms with Crippen molar-refractivity contribution < 1.29 is 4.74 Å². The summed E-state index contributed by atoms with van der Waals surface area (Å²) in [5, 5.41) is 3.51. The van der Waals surface area contributed by atoms with E-state index in [1.54, 1.807) is 0 Å². The molecule has 2 unspecified atom stereocenters. The first-order valence-corrected chi connectivity index (χ1v) is 7.97. The molecule has 3 fully saturated rings. The van der Waals surface area contributed by atoms with Crippen LogP contribution in [0, 0.1) is 11.3 Å². The zero-order chi connectivity index (χ0) is 13.1. The Hall–Kier alpha value is 0.130. The summed E-state index contributed by atoms with van der Waals surface area (Å²) in [5.41, 5.74) is 0.515. The predicted molar refractivity (Wildman–Crippen MR) is 84.6 cm³/mol. The van der Waals surface area contributed by atoms with E-state index in [0.717, 1.165) is 19.1 Å². The zero-order valence-electron chi connectivity index (χ0n) is 12.8. The van der Waals surface area contributed by atoms with Crippen LogP contribution in [-0.4, -0.2) is 75.4 Å². The maximum atomic E-state index is 5.48. The Morgan fingerprint density at radius 3 is 2.55 bits per heavy atom. The number of piperazine rings is 1. The fourth-order valence-corrected chi connectivity index (χ4v) is 3.77. The SMILES string of the molecule is CC1(CN2CCN(CC3CCOC3)CC2)CCNC1.Cl. The predicted octanol–water partition coefficient (Wildman–Crippen LogP) is 1.06. The van der Waals surface area contributed by atoms with Crippen LogP contribution in [0.4, 0.5) is 0 Å². The molecule has 0 amide bonds. The lowest BCUT2D eigenvalue weighted by Crippen LogP contribution is -2.50. The third kappa shape index (κ3) is 4.31. The van der Waals surface area contributed by atoms with Crippen LogP contribution < -0.4 is 5.32 Å². The Bertz CT molecular complexity index is 283. The molecule has 3 heterocycles. The van der Waals surface area contributed by atoms with Crippen molar-refractivity contribution in [1.82, 2.24) is 15.1 Å². The van der Waals surface area contributed by atoms with E-state index in [9.17, 15) is 0 Å². The number of hydrogen-bond acceptors (Lipinski definition) is 4. The summed E-state index contributed by atoms with van der Waals surface area (Å²) in [6.07, 6.45) is 2.61. The molecule has 4 nitrogen and oxygen atoms in total. The van der Waals surface area contributed by atoms with Crippen molar-refractivity contribution >= 4 is 12.4 Å². The molecule has 118 valence electrons. The lowest BCUT2D eigenvalue weighted by Gasteiger charge is -2.39. The van der Waals surface area contributed by atoms with Crippen molar-refractivity contribution in [2.45, 2.75) is 19.8 Å². The van der Waals surface area contributed by atoms with Crippen LogP contribution in [0.25, 0.3) is 0 Å². The third-order valence-corrected chi connectivity index (χ3v) is 5.07. The number of nitrogens with one attached hydrogen (secondary N) is 1. The van der Waals surface area contributed by atoms with Crippen LogP contribution in [0.3, 0.4) is 0 Å². The van der Waals surface area contributed by atoms with E-state index in [2.05, 4.69) is 22.0 Å². The van der Waals surface area contributed by atoms with Gasteiger partial charge in [-0.05, 0) is 30.7 Å². The second-order valence-corrected chi connectivity index (χ2v) is 7.04. The molecule has 3 aliphatic rings. The summed E-state index contributed by atoms with van der Waals surface area (Å²) in [5.74, 6) is 0.795. The van der Waals surface area contributed by atoms with Crippen molar-refractivity contribution in [2.24, 2.45) is 11.3 Å². The highest BCUT2D eigenvalue weighted by molar-refractivity contribution is 5.85. The monoisotopic (exact) mass is 303 g/mol. The lowest BCUT2D eigenvalue weighted by atomic mass is 9.89. The number of halogens is 1. The molecule has 0 aromatic carbocycles. The largest absolute Gasteiger partial charge is 0.381 e. The van der Waals surface area contributed by atoms with Gasteiger partial charge in [0, 0.05) is 52.4 Å². The Morgan fingerprint density at radius 1 is 1.20 bits per heavy atom. The van der Waals surface area contributed by atoms with Gasteiger partial charge in [0.05, 0.1) is 6.61 Å². The standard InChI is InChI=1S/C15H29N3O.ClH/c1-15(3-4-16-12-15)13-18-7-5-17(6-8-18)10-14-2-9-19-11-14;/h14,16H,2-13H2,1H3;1H. The van der Waals surface area contributed by atoms with Gasteiger partial charge in [0.25, 0.3) is 0 Å². The molecule has 0 aromatic rings. The van der Waals surface area contributed by atoms with Gasteiger partial charge >= 0.3 is 0 Å². The number of rotatable bonds is 4. The van der Waals surface area contributed by atoms with E-state index >= 15 is 0 Å². The zero-order valence-corrected chi connectivity index (χ0v) is 13.6. The van der Waals surface area contributed by atoms with E-state index < -0.39 is 0 Å². The van der Waals surface area contributed by atoms with Crippen molar-refractivity contribution in [3.05, 3.63) is 0 Å². The van der Waals surface area contributed by atoms with Crippen LogP contribution in [-0.2, 0) is 4.74 Å². The Kier molecular flexibility index (Phi) is 6.11. The molecule has 5 heteroatoms. The average Bonchev–Trinajstić information content (AvgIpc) is 3.04. The average molecular weight is 304 g/mol. The minimum atomic E-state index is 0. The van der Waals surface area contributed by atoms with Gasteiger partial charge in [-0.15, -0.1) is 12.4 Å². The van der Waals surface area contributed by atoms with Crippen molar-refractivity contribution in [3.63, 3.8) is 0 Å². The minimum Gasteiger partial charge on any atom is -0.381 e. The molecular formula is C15H30ClN3O. The summed E-state index contributed by atoms with van der Waals surface area (Å²) in [7, 11) is 0. The molecule has 2 atom stereocenters. The molecular weight excluding hydrogens is 274 g/mol. The topological polar surface area (TPSA) is 27.7 Å². The van der Waals surface area contributed by atoms with Gasteiger partial charge in [0.2, 0.25) is 0 Å². The first kappa shape index (κ1) is 16.5. The van der Waals surface area contributed by atoms with E-state index in [1.165, 1.54) is 65.2 Å². The fraction of sp³-hybridized carbons (Fsp3) is 1.00. The number of ether oxygens (including phenoxy) is 1. The fourth-order valence-electron chi connectivity index (χ4n) is 3.77. The van der Waals surface area contributed by atoms with Gasteiger partial charge in [0.1, 0.15) is 0 Å². The molecule has 3 aliphatic heterocycles. The molecule has 3 saturated heterocycles. The van der Waals surface area contributed by atoms with E-state index in [4.69, 9.17) is 4.74 Å². The maximum absolute atomic E-state index is 5.48. The molecule has 0 bridgehead atoms. The van der Waals surface area contributed by atoms with Crippen molar-refractivity contribution in [1.29, 1.82) is 0 Å². The van der Waals surface area contributed by atoms with Gasteiger partial charge in [-0.3, -0.25) is 0 Å². The summed E-state index contributed by atoms with van der Waals surface area (Å²) >= 11 is 0. The molecule has 1 N–H and O–H groups in total. The summed E-state index contributed by atoms with van der Waals surface area (Å²) in [6, 6.07) is 0. The second-order valence-electron chi connectivity index (χ2n) is 7.04. The van der Waals surface area contributed by atoms with Gasteiger partial charge in [0.15, 0.2) is 0 Å². The highest BCUT2D eigenvalue weighted by atomic mass is 35.5. The Morgan fingerprint density at radius 2 is 1.95 bits per heavy atom.